The van der Waals surface area contributed by atoms with E-state index in [1.165, 1.54) is 0 Å². The monoisotopic (exact) mass is 231 g/mol. The molecule has 0 radical (unpaired) electrons. The van der Waals surface area contributed by atoms with E-state index in [2.05, 4.69) is 0 Å². The summed E-state index contributed by atoms with van der Waals surface area (Å²) in [6.45, 7) is 0.511. The number of rotatable bonds is 4. The van der Waals surface area contributed by atoms with Crippen molar-refractivity contribution in [3.63, 3.8) is 0 Å². The molecule has 0 amide bonds. The van der Waals surface area contributed by atoms with Gasteiger partial charge in [-0.05, 0) is 31.2 Å². The third-order valence-corrected chi connectivity index (χ3v) is 2.39. The number of Topliss-reactive ketones (excluding diaryl/α,β-unsaturated/α-hetero) is 1. The Labute approximate surface area is 93.0 Å². The Balaban J connectivity index is 2.80. The van der Waals surface area contributed by atoms with Crippen LogP contribution in [0.5, 0.6) is 0 Å². The zero-order valence-electron chi connectivity index (χ0n) is 7.59. The van der Waals surface area contributed by atoms with E-state index >= 15 is 0 Å². The summed E-state index contributed by atoms with van der Waals surface area (Å²) in [5.74, 6) is 0.0112. The van der Waals surface area contributed by atoms with E-state index < -0.39 is 0 Å². The van der Waals surface area contributed by atoms with Crippen molar-refractivity contribution in [2.75, 3.05) is 6.54 Å². The average molecular weight is 232 g/mol. The van der Waals surface area contributed by atoms with E-state index in [0.717, 1.165) is 0 Å². The second-order valence-electron chi connectivity index (χ2n) is 2.94. The van der Waals surface area contributed by atoms with Gasteiger partial charge >= 0.3 is 0 Å². The molecule has 2 nitrogen and oxygen atoms in total. The molecule has 4 heteroatoms. The lowest BCUT2D eigenvalue weighted by Crippen LogP contribution is -2.05. The van der Waals surface area contributed by atoms with Crippen LogP contribution in [-0.4, -0.2) is 12.3 Å². The standard InChI is InChI=1S/C10H11Cl2NO/c11-7-3-4-8(9(12)6-7)10(14)2-1-5-13/h3-4,6H,1-2,5,13H2. The lowest BCUT2D eigenvalue weighted by atomic mass is 10.1. The van der Waals surface area contributed by atoms with Crippen molar-refractivity contribution in [2.24, 2.45) is 5.73 Å². The fourth-order valence-corrected chi connectivity index (χ4v) is 1.63. The van der Waals surface area contributed by atoms with E-state index in [4.69, 9.17) is 28.9 Å². The molecule has 0 aromatic heterocycles. The lowest BCUT2D eigenvalue weighted by molar-refractivity contribution is 0.0981. The molecule has 0 spiro atoms. The van der Waals surface area contributed by atoms with Gasteiger partial charge in [-0.1, -0.05) is 23.2 Å². The van der Waals surface area contributed by atoms with Crippen LogP contribution in [0.1, 0.15) is 23.2 Å². The Morgan fingerprint density at radius 1 is 1.36 bits per heavy atom. The molecule has 1 aromatic rings. The Kier molecular flexibility index (Phi) is 4.39. The number of benzene rings is 1. The second kappa shape index (κ2) is 5.35. The number of carbonyl (C=O) groups is 1. The van der Waals surface area contributed by atoms with Gasteiger partial charge in [0.25, 0.3) is 0 Å². The van der Waals surface area contributed by atoms with Gasteiger partial charge in [0.05, 0.1) is 5.02 Å². The van der Waals surface area contributed by atoms with Crippen LogP contribution in [0.3, 0.4) is 0 Å². The summed E-state index contributed by atoms with van der Waals surface area (Å²) < 4.78 is 0. The summed E-state index contributed by atoms with van der Waals surface area (Å²) in [5, 5.41) is 0.935. The van der Waals surface area contributed by atoms with E-state index in [9.17, 15) is 4.79 Å². The molecule has 0 bridgehead atoms. The smallest absolute Gasteiger partial charge is 0.164 e. The SMILES string of the molecule is NCCCC(=O)c1ccc(Cl)cc1Cl. The summed E-state index contributed by atoms with van der Waals surface area (Å²) in [6.07, 6.45) is 1.11. The number of hydrogen-bond acceptors (Lipinski definition) is 2. The number of ketones is 1. The van der Waals surface area contributed by atoms with Crippen LogP contribution in [0.25, 0.3) is 0 Å². The largest absolute Gasteiger partial charge is 0.330 e. The number of nitrogens with two attached hydrogens (primary N) is 1. The zero-order valence-corrected chi connectivity index (χ0v) is 9.11. The highest BCUT2D eigenvalue weighted by Crippen LogP contribution is 2.22. The third-order valence-electron chi connectivity index (χ3n) is 1.84. The molecule has 0 aliphatic heterocycles. The van der Waals surface area contributed by atoms with Crippen molar-refractivity contribution in [2.45, 2.75) is 12.8 Å². The molecule has 14 heavy (non-hydrogen) atoms. The Bertz CT molecular complexity index is 339. The van der Waals surface area contributed by atoms with E-state index in [1.54, 1.807) is 18.2 Å². The summed E-state index contributed by atoms with van der Waals surface area (Å²) >= 11 is 11.6. The molecule has 0 unspecified atom stereocenters. The molecule has 0 fully saturated rings. The highest BCUT2D eigenvalue weighted by atomic mass is 35.5. The molecule has 0 saturated carbocycles. The van der Waals surface area contributed by atoms with Gasteiger partial charge in [0.2, 0.25) is 0 Å². The molecule has 0 atom stereocenters. The molecule has 1 rings (SSSR count). The molecule has 76 valence electrons. The van der Waals surface area contributed by atoms with Crippen LogP contribution in [-0.2, 0) is 0 Å². The molecular formula is C10H11Cl2NO. The quantitative estimate of drug-likeness (QED) is 0.811. The first-order chi connectivity index (χ1) is 6.65. The molecule has 0 heterocycles. The maximum Gasteiger partial charge on any atom is 0.164 e. The first kappa shape index (κ1) is 11.5. The van der Waals surface area contributed by atoms with Crippen molar-refractivity contribution >= 4 is 29.0 Å². The minimum atomic E-state index is 0.0112. The van der Waals surface area contributed by atoms with Gasteiger partial charge in [-0.3, -0.25) is 4.79 Å². The van der Waals surface area contributed by atoms with Crippen molar-refractivity contribution in [3.05, 3.63) is 33.8 Å². The Morgan fingerprint density at radius 3 is 2.64 bits per heavy atom. The van der Waals surface area contributed by atoms with Crippen molar-refractivity contribution < 1.29 is 4.79 Å². The number of hydrogen-bond donors (Lipinski definition) is 1. The van der Waals surface area contributed by atoms with Crippen molar-refractivity contribution in [1.82, 2.24) is 0 Å². The fourth-order valence-electron chi connectivity index (χ4n) is 1.11. The van der Waals surface area contributed by atoms with Gasteiger partial charge in [-0.15, -0.1) is 0 Å². The van der Waals surface area contributed by atoms with Gasteiger partial charge in [-0.25, -0.2) is 0 Å². The zero-order chi connectivity index (χ0) is 10.6. The van der Waals surface area contributed by atoms with Gasteiger partial charge in [0, 0.05) is 17.0 Å². The Hall–Kier alpha value is -0.570. The molecular weight excluding hydrogens is 221 g/mol. The van der Waals surface area contributed by atoms with Gasteiger partial charge < -0.3 is 5.73 Å². The van der Waals surface area contributed by atoms with E-state index in [1.807, 2.05) is 0 Å². The minimum absolute atomic E-state index is 0.0112. The Morgan fingerprint density at radius 2 is 2.07 bits per heavy atom. The number of carbonyl (C=O) groups excluding carboxylic acids is 1. The summed E-state index contributed by atoms with van der Waals surface area (Å²) in [7, 11) is 0. The second-order valence-corrected chi connectivity index (χ2v) is 3.78. The lowest BCUT2D eigenvalue weighted by Gasteiger charge is -2.02. The summed E-state index contributed by atoms with van der Waals surface area (Å²) in [5.41, 5.74) is 5.83. The average Bonchev–Trinajstić information content (AvgIpc) is 2.14. The third kappa shape index (κ3) is 2.98. The van der Waals surface area contributed by atoms with Crippen LogP contribution in [0.15, 0.2) is 18.2 Å². The van der Waals surface area contributed by atoms with Crippen LogP contribution >= 0.6 is 23.2 Å². The predicted octanol–water partition coefficient (Wildman–Crippen LogP) is 2.92. The van der Waals surface area contributed by atoms with E-state index in [-0.39, 0.29) is 5.78 Å². The summed E-state index contributed by atoms with van der Waals surface area (Å²) in [4.78, 5) is 11.6. The maximum absolute atomic E-state index is 11.6. The first-order valence-corrected chi connectivity index (χ1v) is 5.09. The van der Waals surface area contributed by atoms with E-state index in [0.29, 0.717) is 35.0 Å². The number of halogens is 2. The molecule has 2 N–H and O–H groups in total. The normalized spacial score (nSPS) is 10.2. The predicted molar refractivity (Wildman–Crippen MR) is 59.1 cm³/mol. The van der Waals surface area contributed by atoms with Crippen molar-refractivity contribution in [3.8, 4) is 0 Å². The molecule has 0 saturated heterocycles. The van der Waals surface area contributed by atoms with Crippen LogP contribution < -0.4 is 5.73 Å². The molecule has 0 aliphatic rings. The van der Waals surface area contributed by atoms with Crippen LogP contribution in [0.2, 0.25) is 10.0 Å². The van der Waals surface area contributed by atoms with Gasteiger partial charge in [0.1, 0.15) is 0 Å². The highest BCUT2D eigenvalue weighted by molar-refractivity contribution is 6.36. The summed E-state index contributed by atoms with van der Waals surface area (Å²) in [6, 6.07) is 4.87. The van der Waals surface area contributed by atoms with Crippen LogP contribution in [0, 0.1) is 0 Å². The first-order valence-electron chi connectivity index (χ1n) is 4.33. The molecule has 0 aliphatic carbocycles. The highest BCUT2D eigenvalue weighted by Gasteiger charge is 2.09. The van der Waals surface area contributed by atoms with Gasteiger partial charge in [-0.2, -0.15) is 0 Å². The maximum atomic E-state index is 11.6. The van der Waals surface area contributed by atoms with Gasteiger partial charge in [0.15, 0.2) is 5.78 Å². The fraction of sp³-hybridized carbons (Fsp3) is 0.300. The van der Waals surface area contributed by atoms with Crippen molar-refractivity contribution in [1.29, 1.82) is 0 Å². The minimum Gasteiger partial charge on any atom is -0.330 e. The van der Waals surface area contributed by atoms with Crippen LogP contribution in [0.4, 0.5) is 0 Å². The topological polar surface area (TPSA) is 43.1 Å². The molecule has 1 aromatic carbocycles.